The van der Waals surface area contributed by atoms with Gasteiger partial charge in [0.15, 0.2) is 0 Å². The zero-order chi connectivity index (χ0) is 13.1. The van der Waals surface area contributed by atoms with E-state index in [4.69, 9.17) is 0 Å². The van der Waals surface area contributed by atoms with Gasteiger partial charge in [0, 0.05) is 0 Å². The number of benzene rings is 2. The summed E-state index contributed by atoms with van der Waals surface area (Å²) in [7, 11) is 1.32. The van der Waals surface area contributed by atoms with E-state index in [0.717, 1.165) is 21.9 Å². The first-order valence-corrected chi connectivity index (χ1v) is 5.86. The van der Waals surface area contributed by atoms with Crippen LogP contribution in [0.4, 0.5) is 0 Å². The number of aliphatic hydroxyl groups excluding tert-OH is 1. The number of aliphatic hydroxyl groups is 1. The maximum atomic E-state index is 11.2. The third kappa shape index (κ3) is 2.36. The van der Waals surface area contributed by atoms with Gasteiger partial charge in [0.05, 0.1) is 19.6 Å². The van der Waals surface area contributed by atoms with Crippen molar-refractivity contribution in [1.29, 1.82) is 0 Å². The summed E-state index contributed by atoms with van der Waals surface area (Å²) in [6.45, 7) is 2.03. The molecule has 3 nitrogen and oxygen atoms in total. The smallest absolute Gasteiger partial charge is 0.308 e. The van der Waals surface area contributed by atoms with Gasteiger partial charge in [-0.1, -0.05) is 36.4 Å². The highest BCUT2D eigenvalue weighted by molar-refractivity contribution is 5.89. The molecule has 0 aliphatic carbocycles. The number of esters is 1. The molecular weight excluding hydrogens is 228 g/mol. The zero-order valence-corrected chi connectivity index (χ0v) is 10.5. The van der Waals surface area contributed by atoms with E-state index in [9.17, 15) is 9.90 Å². The minimum Gasteiger partial charge on any atom is -0.469 e. The fourth-order valence-electron chi connectivity index (χ4n) is 2.11. The molecule has 0 unspecified atom stereocenters. The summed E-state index contributed by atoms with van der Waals surface area (Å²) < 4.78 is 4.58. The lowest BCUT2D eigenvalue weighted by atomic mass is 9.96. The largest absolute Gasteiger partial charge is 0.469 e. The van der Waals surface area contributed by atoms with Crippen LogP contribution in [0.2, 0.25) is 0 Å². The number of hydrogen-bond acceptors (Lipinski definition) is 3. The van der Waals surface area contributed by atoms with Crippen LogP contribution in [0.5, 0.6) is 0 Å². The molecule has 0 saturated carbocycles. The fraction of sp³-hybridized carbons (Fsp3) is 0.267. The summed E-state index contributed by atoms with van der Waals surface area (Å²) in [6.07, 6.45) is -0.855. The normalized spacial score (nSPS) is 12.4. The number of aryl methyl sites for hydroxylation is 1. The van der Waals surface area contributed by atoms with E-state index in [1.54, 1.807) is 0 Å². The van der Waals surface area contributed by atoms with Crippen molar-refractivity contribution in [3.05, 3.63) is 47.5 Å². The summed E-state index contributed by atoms with van der Waals surface area (Å²) in [5.41, 5.74) is 1.92. The lowest BCUT2D eigenvalue weighted by Gasteiger charge is -2.14. The monoisotopic (exact) mass is 244 g/mol. The number of rotatable bonds is 3. The van der Waals surface area contributed by atoms with Gasteiger partial charge in [0.2, 0.25) is 0 Å². The molecule has 94 valence electrons. The summed E-state index contributed by atoms with van der Waals surface area (Å²) in [4.78, 5) is 11.2. The van der Waals surface area contributed by atoms with E-state index in [-0.39, 0.29) is 6.42 Å². The molecule has 0 heterocycles. The lowest BCUT2D eigenvalue weighted by molar-refractivity contribution is -0.142. The van der Waals surface area contributed by atoms with E-state index < -0.39 is 12.1 Å². The van der Waals surface area contributed by atoms with Gasteiger partial charge in [-0.3, -0.25) is 4.79 Å². The molecule has 0 amide bonds. The predicted octanol–water partition coefficient (Wildman–Crippen LogP) is 2.74. The maximum Gasteiger partial charge on any atom is 0.308 e. The number of hydrogen-bond donors (Lipinski definition) is 1. The summed E-state index contributed by atoms with van der Waals surface area (Å²) >= 11 is 0. The Balaban J connectivity index is 2.45. The Kier molecular flexibility index (Phi) is 3.63. The average Bonchev–Trinajstić information content (AvgIpc) is 2.39. The van der Waals surface area contributed by atoms with E-state index in [2.05, 4.69) is 4.74 Å². The first-order chi connectivity index (χ1) is 8.63. The van der Waals surface area contributed by atoms with Gasteiger partial charge >= 0.3 is 5.97 Å². The van der Waals surface area contributed by atoms with E-state index in [1.165, 1.54) is 7.11 Å². The minimum atomic E-state index is -0.831. The van der Waals surface area contributed by atoms with Crippen LogP contribution in [0.1, 0.15) is 23.7 Å². The molecule has 0 aliphatic rings. The zero-order valence-electron chi connectivity index (χ0n) is 10.5. The van der Waals surface area contributed by atoms with Crippen molar-refractivity contribution in [3.8, 4) is 0 Å². The molecule has 0 aromatic heterocycles. The van der Waals surface area contributed by atoms with Gasteiger partial charge in [-0.05, 0) is 28.8 Å². The molecule has 0 saturated heterocycles. The van der Waals surface area contributed by atoms with Crippen molar-refractivity contribution in [3.63, 3.8) is 0 Å². The fourth-order valence-corrected chi connectivity index (χ4v) is 2.11. The van der Waals surface area contributed by atoms with Crippen LogP contribution >= 0.6 is 0 Å². The first-order valence-electron chi connectivity index (χ1n) is 5.86. The Bertz CT molecular complexity index is 575. The van der Waals surface area contributed by atoms with Gasteiger partial charge in [0.1, 0.15) is 0 Å². The summed E-state index contributed by atoms with van der Waals surface area (Å²) in [5.74, 6) is -0.410. The Hall–Kier alpha value is -1.87. The van der Waals surface area contributed by atoms with Crippen LogP contribution in [0, 0.1) is 6.92 Å². The van der Waals surface area contributed by atoms with Gasteiger partial charge in [-0.15, -0.1) is 0 Å². The molecule has 0 radical (unpaired) electrons. The molecule has 3 heteroatoms. The number of carbonyl (C=O) groups is 1. The van der Waals surface area contributed by atoms with Crippen LogP contribution in [-0.2, 0) is 9.53 Å². The Morgan fingerprint density at radius 1 is 1.22 bits per heavy atom. The van der Waals surface area contributed by atoms with Gasteiger partial charge in [-0.25, -0.2) is 0 Å². The molecular formula is C15H16O3. The van der Waals surface area contributed by atoms with Crippen molar-refractivity contribution in [2.45, 2.75) is 19.4 Å². The Morgan fingerprint density at radius 3 is 2.56 bits per heavy atom. The quantitative estimate of drug-likeness (QED) is 0.844. The molecule has 2 rings (SSSR count). The molecule has 0 spiro atoms. The van der Waals surface area contributed by atoms with Crippen molar-refractivity contribution in [2.75, 3.05) is 7.11 Å². The van der Waals surface area contributed by atoms with E-state index in [0.29, 0.717) is 0 Å². The van der Waals surface area contributed by atoms with Gasteiger partial charge < -0.3 is 9.84 Å². The molecule has 0 fully saturated rings. The second kappa shape index (κ2) is 5.19. The highest BCUT2D eigenvalue weighted by Crippen LogP contribution is 2.28. The van der Waals surface area contributed by atoms with Crippen LogP contribution in [0.25, 0.3) is 10.8 Å². The molecule has 1 N–H and O–H groups in total. The molecule has 2 aromatic carbocycles. The highest BCUT2D eigenvalue weighted by Gasteiger charge is 2.16. The van der Waals surface area contributed by atoms with Gasteiger partial charge in [0.25, 0.3) is 0 Å². The van der Waals surface area contributed by atoms with Crippen LogP contribution in [-0.4, -0.2) is 18.2 Å². The molecule has 0 bridgehead atoms. The van der Waals surface area contributed by atoms with Crippen molar-refractivity contribution >= 4 is 16.7 Å². The van der Waals surface area contributed by atoms with Crippen molar-refractivity contribution in [2.24, 2.45) is 0 Å². The number of carbonyl (C=O) groups excluding carboxylic acids is 1. The lowest BCUT2D eigenvalue weighted by Crippen LogP contribution is -2.08. The highest BCUT2D eigenvalue weighted by atomic mass is 16.5. The van der Waals surface area contributed by atoms with Crippen LogP contribution in [0.3, 0.4) is 0 Å². The minimum absolute atomic E-state index is 0.0243. The second-order valence-electron chi connectivity index (χ2n) is 4.31. The summed E-state index contributed by atoms with van der Waals surface area (Å²) in [5, 5.41) is 12.2. The number of ether oxygens (including phenoxy) is 1. The Morgan fingerprint density at radius 2 is 1.89 bits per heavy atom. The molecule has 0 aliphatic heterocycles. The average molecular weight is 244 g/mol. The number of fused-ring (bicyclic) bond motifs is 1. The second-order valence-corrected chi connectivity index (χ2v) is 4.31. The topological polar surface area (TPSA) is 46.5 Å². The third-order valence-electron chi connectivity index (χ3n) is 3.12. The van der Waals surface area contributed by atoms with E-state index >= 15 is 0 Å². The Labute approximate surface area is 106 Å². The van der Waals surface area contributed by atoms with Crippen LogP contribution < -0.4 is 0 Å². The third-order valence-corrected chi connectivity index (χ3v) is 3.12. The first kappa shape index (κ1) is 12.6. The summed E-state index contributed by atoms with van der Waals surface area (Å²) in [6, 6.07) is 11.7. The standard InChI is InChI=1S/C15H16O3/c1-10-7-8-13(14(16)9-15(17)18-2)12-6-4-3-5-11(10)12/h3-8,14,16H,9H2,1-2H3/t14-/m0/s1. The SMILES string of the molecule is COC(=O)C[C@H](O)c1ccc(C)c2ccccc12. The van der Waals surface area contributed by atoms with Crippen LogP contribution in [0.15, 0.2) is 36.4 Å². The molecule has 2 aromatic rings. The van der Waals surface area contributed by atoms with Crippen molar-refractivity contribution < 1.29 is 14.6 Å². The van der Waals surface area contributed by atoms with Crippen molar-refractivity contribution in [1.82, 2.24) is 0 Å². The maximum absolute atomic E-state index is 11.2. The number of methoxy groups -OCH3 is 1. The molecule has 18 heavy (non-hydrogen) atoms. The van der Waals surface area contributed by atoms with E-state index in [1.807, 2.05) is 43.3 Å². The molecule has 1 atom stereocenters. The van der Waals surface area contributed by atoms with Gasteiger partial charge in [-0.2, -0.15) is 0 Å². The predicted molar refractivity (Wildman–Crippen MR) is 70.3 cm³/mol.